The molecule has 0 bridgehead atoms. The third-order valence-corrected chi connectivity index (χ3v) is 18.5. The van der Waals surface area contributed by atoms with Crippen LogP contribution in [0.15, 0.2) is 0 Å². The van der Waals surface area contributed by atoms with Crippen LogP contribution in [0.1, 0.15) is 131 Å². The number of rotatable bonds is 41. The second-order valence-corrected chi connectivity index (χ2v) is 27.1. The van der Waals surface area contributed by atoms with E-state index < -0.39 is 236 Å². The van der Waals surface area contributed by atoms with Gasteiger partial charge in [0, 0.05) is 59.4 Å². The summed E-state index contributed by atoms with van der Waals surface area (Å²) in [4.78, 5) is 58.2. The Hall–Kier alpha value is -3.89. The summed E-state index contributed by atoms with van der Waals surface area (Å²) in [6, 6.07) is -2.20. The highest BCUT2D eigenvalue weighted by Crippen LogP contribution is 2.35. The SMILES string of the molecule is CCCCC(=O)NCCCCCCO[C@H]1O[C@@H](CO)[C@H](O)C(O[C@H]2OC(CO)[C@H](O)[C@H](O)C2O)C1O.CCCCC(=O)NCCCO[C@@H]1OC(CO)[C@@H](O)[C@H](O)C1NC(C)=O.CCCCC(=O)NCCCO[C@@H]1OC(CO)[C@@H](O[C@@H]2O[C@@H](CO)[C@H](O)C(O[C@H]3OC(CO)[C@H](O)[C@H](O)C3O)C2O)[C@H](O)C1NC(C)=O. The van der Waals surface area contributed by atoms with Crippen molar-refractivity contribution in [2.24, 2.45) is 0 Å². The van der Waals surface area contributed by atoms with Crippen molar-refractivity contribution in [1.82, 2.24) is 26.6 Å². The molecule has 5 amide bonds. The number of unbranched alkanes of at least 4 members (excludes halogenated alkanes) is 6. The number of hydrogen-bond acceptors (Lipinski definition) is 36. The van der Waals surface area contributed by atoms with Gasteiger partial charge in [-0.3, -0.25) is 24.0 Å². The van der Waals surface area contributed by atoms with Crippen molar-refractivity contribution in [3.05, 3.63) is 0 Å². The van der Waals surface area contributed by atoms with Crippen molar-refractivity contribution in [1.29, 1.82) is 0 Å². The van der Waals surface area contributed by atoms with Crippen LogP contribution in [0.2, 0.25) is 0 Å². The minimum absolute atomic E-state index is 0.00854. The van der Waals surface area contributed by atoms with Gasteiger partial charge in [0.25, 0.3) is 0 Å². The summed E-state index contributed by atoms with van der Waals surface area (Å²) in [6.45, 7) is 6.23. The van der Waals surface area contributed by atoms with Crippen molar-refractivity contribution >= 4 is 29.5 Å². The Morgan fingerprint density at radius 2 is 0.593 bits per heavy atom. The van der Waals surface area contributed by atoms with Gasteiger partial charge in [0.15, 0.2) is 37.7 Å². The number of carbonyl (C=O) groups excluding carboxylic acids is 5. The molecule has 0 radical (unpaired) electrons. The van der Waals surface area contributed by atoms with Crippen molar-refractivity contribution < 1.29 is 178 Å². The number of nitrogens with one attached hydrogen (secondary N) is 5. The van der Waals surface area contributed by atoms with E-state index in [4.69, 9.17) is 56.8 Å². The quantitative estimate of drug-likeness (QED) is 0.0253. The Labute approximate surface area is 626 Å². The lowest BCUT2D eigenvalue weighted by molar-refractivity contribution is -0.376. The topological polar surface area (TPSA) is 641 Å². The van der Waals surface area contributed by atoms with Crippen molar-refractivity contribution in [2.45, 2.75) is 315 Å². The molecule has 6 rings (SSSR count). The van der Waals surface area contributed by atoms with E-state index in [0.29, 0.717) is 58.2 Å². The number of carbonyl (C=O) groups is 5. The molecule has 108 heavy (non-hydrogen) atoms. The summed E-state index contributed by atoms with van der Waals surface area (Å²) < 4.78 is 66.7. The Morgan fingerprint density at radius 1 is 0.296 bits per heavy atom. The van der Waals surface area contributed by atoms with Crippen molar-refractivity contribution in [3.63, 3.8) is 0 Å². The fourth-order valence-electron chi connectivity index (χ4n) is 12.2. The van der Waals surface area contributed by atoms with Gasteiger partial charge in [-0.2, -0.15) is 0 Å². The highest BCUT2D eigenvalue weighted by molar-refractivity contribution is 5.76. The first-order chi connectivity index (χ1) is 51.5. The number of aliphatic hydroxyl groups is 19. The normalized spacial score (nSPS) is 37.0. The van der Waals surface area contributed by atoms with Crippen LogP contribution in [-0.4, -0.2) is 390 Å². The third kappa shape index (κ3) is 29.8. The lowest BCUT2D eigenvalue weighted by Gasteiger charge is -2.48. The van der Waals surface area contributed by atoms with Crippen LogP contribution in [0.5, 0.6) is 0 Å². The van der Waals surface area contributed by atoms with E-state index in [0.717, 1.165) is 57.8 Å². The predicted octanol–water partition coefficient (Wildman–Crippen LogP) is -9.57. The Bertz CT molecular complexity index is 2510. The maximum Gasteiger partial charge on any atom is 0.219 e. The van der Waals surface area contributed by atoms with E-state index in [1.165, 1.54) is 13.8 Å². The van der Waals surface area contributed by atoms with Gasteiger partial charge in [-0.15, -0.1) is 0 Å². The van der Waals surface area contributed by atoms with Crippen LogP contribution in [0, 0.1) is 0 Å². The molecule has 6 aliphatic heterocycles. The molecule has 30 atom stereocenters. The summed E-state index contributed by atoms with van der Waals surface area (Å²) in [5.74, 6) is -1.02. The minimum Gasteiger partial charge on any atom is -0.394 e. The van der Waals surface area contributed by atoms with Crippen LogP contribution in [0.4, 0.5) is 0 Å². The zero-order chi connectivity index (χ0) is 80.3. The second kappa shape index (κ2) is 51.1. The molecule has 0 saturated carbocycles. The maximum atomic E-state index is 12.0. The van der Waals surface area contributed by atoms with Gasteiger partial charge in [-0.1, -0.05) is 52.9 Å². The Morgan fingerprint density at radius 3 is 0.981 bits per heavy atom. The monoisotopic (exact) mass is 1570 g/mol. The van der Waals surface area contributed by atoms with Gasteiger partial charge < -0.3 is 180 Å². The van der Waals surface area contributed by atoms with Gasteiger partial charge in [0.2, 0.25) is 29.5 Å². The van der Waals surface area contributed by atoms with Crippen LogP contribution >= 0.6 is 0 Å². The van der Waals surface area contributed by atoms with Gasteiger partial charge in [-0.25, -0.2) is 0 Å². The fraction of sp³-hybridized carbons (Fsp3) is 0.925. The average molecular weight is 1570 g/mol. The molecule has 0 aliphatic carbocycles. The third-order valence-electron chi connectivity index (χ3n) is 18.5. The molecule has 0 aromatic rings. The molecular weight excluding hydrogens is 1450 g/mol. The molecule has 24 N–H and O–H groups in total. The van der Waals surface area contributed by atoms with E-state index in [2.05, 4.69) is 26.6 Å². The fourth-order valence-corrected chi connectivity index (χ4v) is 12.2. The second-order valence-electron chi connectivity index (χ2n) is 27.1. The molecule has 6 heterocycles. The molecule has 0 aromatic carbocycles. The summed E-state index contributed by atoms with van der Waals surface area (Å²) in [5, 5.41) is 206. The largest absolute Gasteiger partial charge is 0.394 e. The number of amides is 5. The molecule has 632 valence electrons. The smallest absolute Gasteiger partial charge is 0.219 e. The van der Waals surface area contributed by atoms with E-state index in [-0.39, 0.29) is 37.5 Å². The van der Waals surface area contributed by atoms with Gasteiger partial charge >= 0.3 is 0 Å². The first-order valence-electron chi connectivity index (χ1n) is 37.1. The van der Waals surface area contributed by atoms with E-state index in [1.54, 1.807) is 0 Å². The predicted molar refractivity (Wildman–Crippen MR) is 366 cm³/mol. The number of hydrogen-bond donors (Lipinski definition) is 24. The van der Waals surface area contributed by atoms with Crippen LogP contribution in [0.3, 0.4) is 0 Å². The van der Waals surface area contributed by atoms with E-state index >= 15 is 0 Å². The summed E-state index contributed by atoms with van der Waals surface area (Å²) in [5.41, 5.74) is 0. The summed E-state index contributed by atoms with van der Waals surface area (Å²) in [6.07, 6.45) is -31.6. The first kappa shape index (κ1) is 96.5. The Balaban J connectivity index is 0.000000359. The van der Waals surface area contributed by atoms with Crippen LogP contribution < -0.4 is 26.6 Å². The van der Waals surface area contributed by atoms with Gasteiger partial charge in [0.1, 0.15) is 146 Å². The van der Waals surface area contributed by atoms with Gasteiger partial charge in [-0.05, 0) is 44.9 Å². The number of ether oxygens (including phenoxy) is 12. The van der Waals surface area contributed by atoms with Crippen LogP contribution in [-0.2, 0) is 80.8 Å². The molecule has 6 saturated heterocycles. The molecular formula is C67H123N5O36. The number of aliphatic hydroxyl groups excluding tert-OH is 19. The Kier molecular flexibility index (Phi) is 45.6. The maximum absolute atomic E-state index is 12.0. The zero-order valence-corrected chi connectivity index (χ0v) is 61.8. The zero-order valence-electron chi connectivity index (χ0n) is 61.8. The highest BCUT2D eigenvalue weighted by atomic mass is 16.8. The lowest BCUT2D eigenvalue weighted by atomic mass is 9.95. The molecule has 0 spiro atoms. The standard InChI is InChI=1S/C28H50N2O17.C23H43NO12.C16H30N2O7/c1-3-4-6-16(35)29-7-5-8-42-26-17(30-12(2)34)20(38)24(15(11-33)45-26)46-28-23(41)25(19(37)14(10-32)44-28)47-27-22(40)21(39)18(36)13(9-31)43-27;1-2-3-8-15(27)24-9-6-4-5-7-10-33-22-20(32)21(17(29)14(12-26)34-22)36-23-19(31)18(30)16(28)13(11-25)35-23;1-3-4-6-12(21)17-7-5-8-24-16-13(18-10(2)20)15(23)14(22)11(9-19)25-16/h13-15,17-28,31-33,36-41H,3-11H2,1-2H3,(H,29,35)(H,30,34);13-14,16-23,25-26,28-32H,2-12H2,1H3,(H,24,27);11,13-16,19,22-23H,3-9H2,1-2H3,(H,17,21)(H,18,20)/t13?,14-,15?,17?,18-,19-,20+,21-,22?,23?,24+,25?,26+,27+,28-;13?,14-,16-,17-,18-,19?,20?,21?,22-,23+;11?,13?,14-,15-,16-/m001/s1. The summed E-state index contributed by atoms with van der Waals surface area (Å²) >= 11 is 0. The molecule has 41 nitrogen and oxygen atoms in total. The van der Waals surface area contributed by atoms with Gasteiger partial charge in [0.05, 0.1) is 52.9 Å². The molecule has 0 aromatic heterocycles. The average Bonchev–Trinajstić information content (AvgIpc) is 0.780. The molecule has 6 aliphatic rings. The summed E-state index contributed by atoms with van der Waals surface area (Å²) in [7, 11) is 0. The molecule has 41 heteroatoms. The van der Waals surface area contributed by atoms with E-state index in [9.17, 15) is 121 Å². The van der Waals surface area contributed by atoms with Crippen molar-refractivity contribution in [3.8, 4) is 0 Å². The molecule has 12 unspecified atom stereocenters. The molecule has 6 fully saturated rings. The van der Waals surface area contributed by atoms with Crippen molar-refractivity contribution in [2.75, 3.05) is 79.1 Å². The minimum atomic E-state index is -1.92. The highest BCUT2D eigenvalue weighted by Gasteiger charge is 2.56. The first-order valence-corrected chi connectivity index (χ1v) is 37.1. The van der Waals surface area contributed by atoms with E-state index in [1.807, 2.05) is 20.8 Å². The van der Waals surface area contributed by atoms with Crippen LogP contribution in [0.25, 0.3) is 0 Å². The lowest BCUT2D eigenvalue weighted by Crippen LogP contribution is -2.68.